The van der Waals surface area contributed by atoms with Crippen LogP contribution in [0, 0.1) is 11.8 Å². The standard InChI is InChI=1S/C20H19Br2NO3/c21-10-4-6-16(24)14(8-10)18-12-2-1-3-13(20(12)26)19(23-18)15-9-11(22)5-7-17(15)25/h4-9,12-13,18-19,23-25H,1-3H2/t12-,13-,18?,19?/m0/s1. The Hall–Kier alpha value is -1.37. The van der Waals surface area contributed by atoms with Crippen LogP contribution >= 0.6 is 31.9 Å². The first-order valence-corrected chi connectivity index (χ1v) is 10.3. The van der Waals surface area contributed by atoms with E-state index in [1.54, 1.807) is 24.3 Å². The summed E-state index contributed by atoms with van der Waals surface area (Å²) in [6, 6.07) is 10.0. The first-order valence-electron chi connectivity index (χ1n) is 8.72. The predicted octanol–water partition coefficient (Wildman–Crippen LogP) is 4.99. The highest BCUT2D eigenvalue weighted by molar-refractivity contribution is 9.10. The van der Waals surface area contributed by atoms with E-state index in [0.29, 0.717) is 0 Å². The van der Waals surface area contributed by atoms with Crippen LogP contribution in [0.3, 0.4) is 0 Å². The summed E-state index contributed by atoms with van der Waals surface area (Å²) in [6.07, 6.45) is 2.60. The second kappa shape index (κ2) is 6.98. The summed E-state index contributed by atoms with van der Waals surface area (Å²) < 4.78 is 1.72. The summed E-state index contributed by atoms with van der Waals surface area (Å²) in [5.74, 6) is 0.280. The Morgan fingerprint density at radius 1 is 0.846 bits per heavy atom. The maximum atomic E-state index is 13.1. The molecule has 1 aliphatic carbocycles. The van der Waals surface area contributed by atoms with E-state index in [0.717, 1.165) is 39.3 Å². The molecule has 0 amide bonds. The van der Waals surface area contributed by atoms with Crippen LogP contribution in [0.1, 0.15) is 42.5 Å². The maximum absolute atomic E-state index is 13.1. The molecule has 1 heterocycles. The number of hydrogen-bond donors (Lipinski definition) is 3. The van der Waals surface area contributed by atoms with Gasteiger partial charge in [0.2, 0.25) is 0 Å². The van der Waals surface area contributed by atoms with Gasteiger partial charge in [0.1, 0.15) is 17.3 Å². The minimum atomic E-state index is -0.278. The smallest absolute Gasteiger partial charge is 0.142 e. The van der Waals surface area contributed by atoms with Gasteiger partial charge < -0.3 is 15.5 Å². The molecule has 1 saturated carbocycles. The first kappa shape index (κ1) is 18.0. The van der Waals surface area contributed by atoms with Gasteiger partial charge in [-0.25, -0.2) is 0 Å². The average Bonchev–Trinajstić information content (AvgIpc) is 2.60. The number of nitrogens with one attached hydrogen (secondary N) is 1. The number of halogens is 2. The number of Topliss-reactive ketones (excluding diaryl/α,β-unsaturated/α-hetero) is 1. The number of carbonyl (C=O) groups excluding carboxylic acids is 1. The number of fused-ring (bicyclic) bond motifs is 2. The first-order chi connectivity index (χ1) is 12.5. The van der Waals surface area contributed by atoms with Gasteiger partial charge >= 0.3 is 0 Å². The van der Waals surface area contributed by atoms with E-state index >= 15 is 0 Å². The quantitative estimate of drug-likeness (QED) is 0.566. The fraction of sp³-hybridized carbons (Fsp3) is 0.350. The number of aromatic hydroxyl groups is 2. The molecule has 1 saturated heterocycles. The molecule has 2 bridgehead atoms. The van der Waals surface area contributed by atoms with Gasteiger partial charge in [-0.1, -0.05) is 38.3 Å². The number of phenolic OH excluding ortho intramolecular Hbond substituents is 2. The van der Waals surface area contributed by atoms with Gasteiger partial charge in [-0.05, 0) is 49.2 Å². The van der Waals surface area contributed by atoms with E-state index in [4.69, 9.17) is 0 Å². The number of hydrogen-bond acceptors (Lipinski definition) is 4. The van der Waals surface area contributed by atoms with E-state index in [1.807, 2.05) is 12.1 Å². The Bertz CT molecular complexity index is 803. The molecule has 2 aromatic rings. The summed E-state index contributed by atoms with van der Waals surface area (Å²) in [7, 11) is 0. The molecular formula is C20H19Br2NO3. The Kier molecular flexibility index (Phi) is 4.84. The van der Waals surface area contributed by atoms with E-state index in [9.17, 15) is 15.0 Å². The van der Waals surface area contributed by atoms with Crippen molar-refractivity contribution in [2.24, 2.45) is 11.8 Å². The van der Waals surface area contributed by atoms with Crippen LogP contribution in [0.5, 0.6) is 11.5 Å². The van der Waals surface area contributed by atoms with Crippen LogP contribution in [0.2, 0.25) is 0 Å². The van der Waals surface area contributed by atoms with Crippen LogP contribution in [0.15, 0.2) is 45.3 Å². The lowest BCUT2D eigenvalue weighted by molar-refractivity contribution is -0.135. The fourth-order valence-corrected chi connectivity index (χ4v) is 5.12. The zero-order chi connectivity index (χ0) is 18.4. The minimum Gasteiger partial charge on any atom is -0.508 e. The molecule has 2 aliphatic rings. The topological polar surface area (TPSA) is 69.6 Å². The van der Waals surface area contributed by atoms with E-state index < -0.39 is 0 Å². The molecule has 2 unspecified atom stereocenters. The molecule has 4 atom stereocenters. The summed E-state index contributed by atoms with van der Waals surface area (Å²) in [5.41, 5.74) is 1.44. The van der Waals surface area contributed by atoms with E-state index in [1.165, 1.54) is 0 Å². The molecular weight excluding hydrogens is 462 g/mol. The van der Waals surface area contributed by atoms with Gasteiger partial charge in [-0.3, -0.25) is 4.79 Å². The number of rotatable bonds is 2. The number of benzene rings is 2. The highest BCUT2D eigenvalue weighted by Gasteiger charge is 2.47. The molecule has 2 aromatic carbocycles. The highest BCUT2D eigenvalue weighted by atomic mass is 79.9. The van der Waals surface area contributed by atoms with Crippen LogP contribution in [0.4, 0.5) is 0 Å². The van der Waals surface area contributed by atoms with Crippen LogP contribution in [-0.2, 0) is 4.79 Å². The largest absolute Gasteiger partial charge is 0.508 e. The van der Waals surface area contributed by atoms with Crippen molar-refractivity contribution in [3.05, 3.63) is 56.5 Å². The van der Waals surface area contributed by atoms with Crippen molar-refractivity contribution in [2.75, 3.05) is 0 Å². The van der Waals surface area contributed by atoms with Crippen LogP contribution in [0.25, 0.3) is 0 Å². The van der Waals surface area contributed by atoms with Gasteiger partial charge in [-0.2, -0.15) is 0 Å². The number of piperidine rings is 1. The van der Waals surface area contributed by atoms with Crippen molar-refractivity contribution in [3.63, 3.8) is 0 Å². The molecule has 26 heavy (non-hydrogen) atoms. The summed E-state index contributed by atoms with van der Waals surface area (Å²) in [6.45, 7) is 0. The van der Waals surface area contributed by atoms with E-state index in [2.05, 4.69) is 37.2 Å². The summed E-state index contributed by atoms with van der Waals surface area (Å²) in [4.78, 5) is 13.1. The number of carbonyl (C=O) groups is 1. The monoisotopic (exact) mass is 479 g/mol. The third kappa shape index (κ3) is 3.08. The molecule has 4 nitrogen and oxygen atoms in total. The molecule has 0 spiro atoms. The molecule has 2 fully saturated rings. The normalized spacial score (nSPS) is 28.2. The van der Waals surface area contributed by atoms with Crippen molar-refractivity contribution in [3.8, 4) is 11.5 Å². The Morgan fingerprint density at radius 3 is 1.77 bits per heavy atom. The van der Waals surface area contributed by atoms with Gasteiger partial charge in [-0.15, -0.1) is 0 Å². The van der Waals surface area contributed by atoms with Crippen molar-refractivity contribution < 1.29 is 15.0 Å². The number of phenols is 2. The third-order valence-corrected chi connectivity index (χ3v) is 6.56. The highest BCUT2D eigenvalue weighted by Crippen LogP contribution is 2.49. The minimum absolute atomic E-state index is 0.153. The predicted molar refractivity (Wildman–Crippen MR) is 106 cm³/mol. The average molecular weight is 481 g/mol. The Balaban J connectivity index is 1.80. The van der Waals surface area contributed by atoms with Gasteiger partial charge in [0.25, 0.3) is 0 Å². The van der Waals surface area contributed by atoms with Crippen LogP contribution in [-0.4, -0.2) is 16.0 Å². The van der Waals surface area contributed by atoms with Gasteiger partial charge in [0, 0.05) is 44.0 Å². The van der Waals surface area contributed by atoms with Crippen molar-refractivity contribution >= 4 is 37.6 Å². The number of ketones is 1. The molecule has 1 aliphatic heterocycles. The lowest BCUT2D eigenvalue weighted by Crippen LogP contribution is -2.50. The van der Waals surface area contributed by atoms with Gasteiger partial charge in [0.15, 0.2) is 0 Å². The lowest BCUT2D eigenvalue weighted by atomic mass is 9.67. The second-order valence-electron chi connectivity index (χ2n) is 7.07. The van der Waals surface area contributed by atoms with Crippen molar-refractivity contribution in [1.82, 2.24) is 5.32 Å². The zero-order valence-electron chi connectivity index (χ0n) is 14.0. The molecule has 4 rings (SSSR count). The second-order valence-corrected chi connectivity index (χ2v) is 8.91. The molecule has 0 radical (unpaired) electrons. The molecule has 136 valence electrons. The van der Waals surface area contributed by atoms with Crippen molar-refractivity contribution in [1.29, 1.82) is 0 Å². The maximum Gasteiger partial charge on any atom is 0.142 e. The zero-order valence-corrected chi connectivity index (χ0v) is 17.1. The Morgan fingerprint density at radius 2 is 1.31 bits per heavy atom. The summed E-state index contributed by atoms with van der Waals surface area (Å²) >= 11 is 6.91. The molecule has 0 aromatic heterocycles. The lowest BCUT2D eigenvalue weighted by Gasteiger charge is -2.45. The molecule has 3 N–H and O–H groups in total. The molecule has 6 heteroatoms. The fourth-order valence-electron chi connectivity index (χ4n) is 4.37. The SMILES string of the molecule is O=C1[C@H]2CCC[C@H]1C(c1cc(Br)ccc1O)NC2c1cc(Br)ccc1O. The van der Waals surface area contributed by atoms with E-state index in [-0.39, 0.29) is 41.2 Å². The summed E-state index contributed by atoms with van der Waals surface area (Å²) in [5, 5.41) is 24.4. The van der Waals surface area contributed by atoms with Crippen molar-refractivity contribution in [2.45, 2.75) is 31.3 Å². The van der Waals surface area contributed by atoms with Gasteiger partial charge in [0.05, 0.1) is 0 Å². The third-order valence-electron chi connectivity index (χ3n) is 5.57. The van der Waals surface area contributed by atoms with Crippen LogP contribution < -0.4 is 5.32 Å². The Labute approximate surface area is 168 Å².